The van der Waals surface area contributed by atoms with Crippen LogP contribution in [0.5, 0.6) is 0 Å². The molecule has 2 aliphatic rings. The molecule has 0 radical (unpaired) electrons. The standard InChI is InChI=1S/C20H26FN3O2/c1-19(25)8-11-26-20(14-19)6-9-24(10-7-20)13-16-12-22-23-18(16)15-2-4-17(21)5-3-15/h2-5,12,25H,6-11,13-14H2,1H3,(H,22,23). The van der Waals surface area contributed by atoms with Gasteiger partial charge in [-0.15, -0.1) is 0 Å². The minimum absolute atomic E-state index is 0.172. The highest BCUT2D eigenvalue weighted by Crippen LogP contribution is 2.39. The summed E-state index contributed by atoms with van der Waals surface area (Å²) in [5.74, 6) is -0.237. The van der Waals surface area contributed by atoms with E-state index in [1.54, 1.807) is 12.1 Å². The molecule has 4 rings (SSSR count). The maximum Gasteiger partial charge on any atom is 0.123 e. The fraction of sp³-hybridized carbons (Fsp3) is 0.550. The van der Waals surface area contributed by atoms with E-state index in [0.29, 0.717) is 13.0 Å². The third-order valence-corrected chi connectivity index (χ3v) is 5.76. The molecule has 5 nitrogen and oxygen atoms in total. The van der Waals surface area contributed by atoms with Crippen molar-refractivity contribution in [3.8, 4) is 11.3 Å². The van der Waals surface area contributed by atoms with Gasteiger partial charge in [0.15, 0.2) is 0 Å². The average molecular weight is 359 g/mol. The number of halogens is 1. The maximum atomic E-state index is 13.2. The number of aromatic amines is 1. The number of nitrogens with one attached hydrogen (secondary N) is 1. The van der Waals surface area contributed by atoms with Crippen LogP contribution in [0.4, 0.5) is 4.39 Å². The highest BCUT2D eigenvalue weighted by Gasteiger charge is 2.44. The molecule has 0 amide bonds. The number of rotatable bonds is 3. The van der Waals surface area contributed by atoms with Gasteiger partial charge in [0.25, 0.3) is 0 Å². The molecule has 2 saturated heterocycles. The normalized spacial score (nSPS) is 26.3. The second-order valence-corrected chi connectivity index (χ2v) is 8.01. The van der Waals surface area contributed by atoms with Crippen LogP contribution < -0.4 is 0 Å². The minimum atomic E-state index is -0.610. The largest absolute Gasteiger partial charge is 0.390 e. The number of nitrogens with zero attached hydrogens (tertiary/aromatic N) is 2. The molecule has 2 N–H and O–H groups in total. The lowest BCUT2D eigenvalue weighted by atomic mass is 9.78. The molecule has 1 unspecified atom stereocenters. The molecular formula is C20H26FN3O2. The molecule has 26 heavy (non-hydrogen) atoms. The molecule has 0 saturated carbocycles. The van der Waals surface area contributed by atoms with E-state index in [-0.39, 0.29) is 11.4 Å². The van der Waals surface area contributed by atoms with Crippen LogP contribution in [0.25, 0.3) is 11.3 Å². The summed E-state index contributed by atoms with van der Waals surface area (Å²) in [6.45, 7) is 5.23. The number of aromatic nitrogens is 2. The highest BCUT2D eigenvalue weighted by molar-refractivity contribution is 5.62. The van der Waals surface area contributed by atoms with Crippen molar-refractivity contribution in [2.75, 3.05) is 19.7 Å². The first-order valence-corrected chi connectivity index (χ1v) is 9.32. The maximum absolute atomic E-state index is 13.2. The Balaban J connectivity index is 1.41. The highest BCUT2D eigenvalue weighted by atomic mass is 19.1. The summed E-state index contributed by atoms with van der Waals surface area (Å²) in [6.07, 6.45) is 5.17. The molecule has 1 aromatic carbocycles. The number of hydrogen-bond acceptors (Lipinski definition) is 4. The van der Waals surface area contributed by atoms with Gasteiger partial charge in [0.1, 0.15) is 5.82 Å². The van der Waals surface area contributed by atoms with Gasteiger partial charge in [-0.2, -0.15) is 5.10 Å². The van der Waals surface area contributed by atoms with Crippen molar-refractivity contribution in [3.05, 3.63) is 41.8 Å². The topological polar surface area (TPSA) is 61.4 Å². The van der Waals surface area contributed by atoms with Crippen LogP contribution in [-0.2, 0) is 11.3 Å². The van der Waals surface area contributed by atoms with E-state index in [0.717, 1.165) is 55.7 Å². The Morgan fingerprint density at radius 3 is 2.65 bits per heavy atom. The quantitative estimate of drug-likeness (QED) is 0.884. The van der Waals surface area contributed by atoms with E-state index in [4.69, 9.17) is 4.74 Å². The third kappa shape index (κ3) is 3.68. The molecule has 1 spiro atoms. The summed E-state index contributed by atoms with van der Waals surface area (Å²) in [7, 11) is 0. The fourth-order valence-corrected chi connectivity index (χ4v) is 4.30. The second kappa shape index (κ2) is 6.76. The van der Waals surface area contributed by atoms with Crippen LogP contribution in [0.1, 0.15) is 38.2 Å². The summed E-state index contributed by atoms with van der Waals surface area (Å²) in [5.41, 5.74) is 2.22. The monoisotopic (exact) mass is 359 g/mol. The molecule has 0 aliphatic carbocycles. The number of benzene rings is 1. The van der Waals surface area contributed by atoms with Crippen molar-refractivity contribution in [1.29, 1.82) is 0 Å². The van der Waals surface area contributed by atoms with E-state index < -0.39 is 5.60 Å². The Morgan fingerprint density at radius 1 is 1.23 bits per heavy atom. The Hall–Kier alpha value is -1.76. The van der Waals surface area contributed by atoms with Crippen LogP contribution in [0.3, 0.4) is 0 Å². The first-order chi connectivity index (χ1) is 12.4. The lowest BCUT2D eigenvalue weighted by Crippen LogP contribution is -2.53. The molecule has 140 valence electrons. The van der Waals surface area contributed by atoms with Crippen LogP contribution in [-0.4, -0.2) is 51.1 Å². The van der Waals surface area contributed by atoms with E-state index in [2.05, 4.69) is 15.1 Å². The Labute approximate surface area is 153 Å². The molecule has 2 aromatic rings. The van der Waals surface area contributed by atoms with Crippen LogP contribution >= 0.6 is 0 Å². The zero-order chi connectivity index (χ0) is 18.2. The summed E-state index contributed by atoms with van der Waals surface area (Å²) in [4.78, 5) is 2.40. The number of H-pyrrole nitrogens is 1. The van der Waals surface area contributed by atoms with E-state index >= 15 is 0 Å². The van der Waals surface area contributed by atoms with Crippen molar-refractivity contribution >= 4 is 0 Å². The van der Waals surface area contributed by atoms with Gasteiger partial charge in [0.05, 0.1) is 29.7 Å². The van der Waals surface area contributed by atoms with Crippen molar-refractivity contribution in [1.82, 2.24) is 15.1 Å². The molecule has 6 heteroatoms. The smallest absolute Gasteiger partial charge is 0.123 e. The van der Waals surface area contributed by atoms with Crippen molar-refractivity contribution < 1.29 is 14.2 Å². The zero-order valence-electron chi connectivity index (χ0n) is 15.2. The number of likely N-dealkylation sites (tertiary alicyclic amines) is 1. The average Bonchev–Trinajstić information content (AvgIpc) is 3.05. The van der Waals surface area contributed by atoms with E-state index in [9.17, 15) is 9.50 Å². The van der Waals surface area contributed by atoms with Gasteiger partial charge in [-0.05, 0) is 50.5 Å². The predicted octanol–water partition coefficient (Wildman–Crippen LogP) is 3.11. The summed E-state index contributed by atoms with van der Waals surface area (Å²) >= 11 is 0. The molecule has 2 aliphatic heterocycles. The number of ether oxygens (including phenoxy) is 1. The van der Waals surface area contributed by atoms with Gasteiger partial charge in [0.2, 0.25) is 0 Å². The van der Waals surface area contributed by atoms with E-state index in [1.807, 2.05) is 13.1 Å². The molecule has 1 aromatic heterocycles. The summed E-state index contributed by atoms with van der Waals surface area (Å²) in [5, 5.41) is 17.6. The number of aliphatic hydroxyl groups is 1. The van der Waals surface area contributed by atoms with Crippen LogP contribution in [0.2, 0.25) is 0 Å². The SMILES string of the molecule is CC1(O)CCOC2(CCN(Cc3cn[nH]c3-c3ccc(F)cc3)CC2)C1. The van der Waals surface area contributed by atoms with Crippen molar-refractivity contribution in [2.24, 2.45) is 0 Å². The number of hydrogen-bond donors (Lipinski definition) is 2. The Morgan fingerprint density at radius 2 is 1.96 bits per heavy atom. The van der Waals surface area contributed by atoms with Gasteiger partial charge < -0.3 is 9.84 Å². The van der Waals surface area contributed by atoms with Crippen molar-refractivity contribution in [3.63, 3.8) is 0 Å². The third-order valence-electron chi connectivity index (χ3n) is 5.76. The minimum Gasteiger partial charge on any atom is -0.390 e. The first kappa shape index (κ1) is 17.6. The molecule has 0 bridgehead atoms. The van der Waals surface area contributed by atoms with Crippen LogP contribution in [0, 0.1) is 5.82 Å². The molecular weight excluding hydrogens is 333 g/mol. The molecule has 2 fully saturated rings. The summed E-state index contributed by atoms with van der Waals surface area (Å²) in [6, 6.07) is 6.48. The Kier molecular flexibility index (Phi) is 4.59. The van der Waals surface area contributed by atoms with Gasteiger partial charge >= 0.3 is 0 Å². The number of piperidine rings is 1. The summed E-state index contributed by atoms with van der Waals surface area (Å²) < 4.78 is 19.3. The van der Waals surface area contributed by atoms with Crippen LogP contribution in [0.15, 0.2) is 30.5 Å². The lowest BCUT2D eigenvalue weighted by Gasteiger charge is -2.48. The van der Waals surface area contributed by atoms with Gasteiger partial charge in [-0.1, -0.05) is 0 Å². The molecule has 1 atom stereocenters. The zero-order valence-corrected chi connectivity index (χ0v) is 15.2. The first-order valence-electron chi connectivity index (χ1n) is 9.32. The Bertz CT molecular complexity index is 749. The molecule has 3 heterocycles. The fourth-order valence-electron chi connectivity index (χ4n) is 4.30. The van der Waals surface area contributed by atoms with E-state index in [1.165, 1.54) is 12.1 Å². The van der Waals surface area contributed by atoms with Crippen molar-refractivity contribution in [2.45, 2.75) is 50.4 Å². The van der Waals surface area contributed by atoms with Gasteiger partial charge in [0, 0.05) is 37.2 Å². The lowest BCUT2D eigenvalue weighted by molar-refractivity contribution is -0.173. The predicted molar refractivity (Wildman–Crippen MR) is 97.0 cm³/mol. The second-order valence-electron chi connectivity index (χ2n) is 8.01. The van der Waals surface area contributed by atoms with Gasteiger partial charge in [-0.3, -0.25) is 10.00 Å². The van der Waals surface area contributed by atoms with Gasteiger partial charge in [-0.25, -0.2) is 4.39 Å².